The Morgan fingerprint density at radius 3 is 2.73 bits per heavy atom. The molecular weight excluding hydrogens is 408 g/mol. The van der Waals surface area contributed by atoms with Crippen molar-refractivity contribution in [3.63, 3.8) is 0 Å². The quantitative estimate of drug-likeness (QED) is 0.561. The van der Waals surface area contributed by atoms with E-state index in [0.717, 1.165) is 5.01 Å². The van der Waals surface area contributed by atoms with Gasteiger partial charge in [0.2, 0.25) is 0 Å². The Morgan fingerprint density at radius 1 is 1.30 bits per heavy atom. The van der Waals surface area contributed by atoms with Gasteiger partial charge in [-0.1, -0.05) is 23.6 Å². The SMILES string of the molecule is C#CCOc1ccc(/C=C2/C(=O)N(c3ccc(Cl)c(C(=O)O)c3)N=C2C)cc1OC. The average Bonchev–Trinajstić information content (AvgIpc) is 3.01. The number of ether oxygens (including phenoxy) is 2. The molecule has 0 saturated carbocycles. The van der Waals surface area contributed by atoms with Crippen molar-refractivity contribution < 1.29 is 24.2 Å². The normalized spacial score (nSPS) is 14.5. The molecule has 0 unspecified atom stereocenters. The Kier molecular flexibility index (Phi) is 6.09. The third-order valence-corrected chi connectivity index (χ3v) is 4.63. The third-order valence-electron chi connectivity index (χ3n) is 4.30. The largest absolute Gasteiger partial charge is 0.493 e. The highest BCUT2D eigenvalue weighted by Crippen LogP contribution is 2.31. The maximum atomic E-state index is 12.9. The summed E-state index contributed by atoms with van der Waals surface area (Å²) >= 11 is 5.91. The number of carboxylic acid groups (broad SMARTS) is 1. The van der Waals surface area contributed by atoms with Gasteiger partial charge in [0.05, 0.1) is 34.7 Å². The molecule has 1 heterocycles. The lowest BCUT2D eigenvalue weighted by atomic mass is 10.1. The number of carbonyl (C=O) groups is 2. The van der Waals surface area contributed by atoms with Crippen molar-refractivity contribution in [2.75, 3.05) is 18.7 Å². The molecule has 0 spiro atoms. The Balaban J connectivity index is 1.92. The van der Waals surface area contributed by atoms with E-state index in [4.69, 9.17) is 27.5 Å². The fourth-order valence-corrected chi connectivity index (χ4v) is 3.05. The molecule has 2 aromatic carbocycles. The zero-order chi connectivity index (χ0) is 21.8. The summed E-state index contributed by atoms with van der Waals surface area (Å²) in [5.41, 5.74) is 1.74. The van der Waals surface area contributed by atoms with E-state index in [2.05, 4.69) is 11.0 Å². The second-order valence-electron chi connectivity index (χ2n) is 6.23. The summed E-state index contributed by atoms with van der Waals surface area (Å²) in [7, 11) is 1.50. The number of rotatable bonds is 6. The van der Waals surface area contributed by atoms with Crippen LogP contribution in [0.2, 0.25) is 5.02 Å². The number of hydrazone groups is 1. The number of terminal acetylenes is 1. The summed E-state index contributed by atoms with van der Waals surface area (Å²) in [5.74, 6) is 1.77. The van der Waals surface area contributed by atoms with Crippen LogP contribution in [-0.4, -0.2) is 36.4 Å². The summed E-state index contributed by atoms with van der Waals surface area (Å²) in [4.78, 5) is 24.3. The average molecular weight is 425 g/mol. The topological polar surface area (TPSA) is 88.4 Å². The summed E-state index contributed by atoms with van der Waals surface area (Å²) < 4.78 is 10.7. The van der Waals surface area contributed by atoms with E-state index in [0.29, 0.717) is 34.0 Å². The van der Waals surface area contributed by atoms with Crippen LogP contribution < -0.4 is 14.5 Å². The van der Waals surface area contributed by atoms with Crippen LogP contribution in [0.5, 0.6) is 11.5 Å². The van der Waals surface area contributed by atoms with Crippen molar-refractivity contribution in [1.29, 1.82) is 0 Å². The van der Waals surface area contributed by atoms with Gasteiger partial charge in [-0.2, -0.15) is 10.1 Å². The molecule has 0 atom stereocenters. The minimum atomic E-state index is -1.19. The van der Waals surface area contributed by atoms with Crippen LogP contribution in [0.1, 0.15) is 22.8 Å². The van der Waals surface area contributed by atoms with Crippen molar-refractivity contribution in [1.82, 2.24) is 0 Å². The third kappa shape index (κ3) is 4.14. The van der Waals surface area contributed by atoms with Crippen molar-refractivity contribution >= 4 is 41.0 Å². The molecule has 0 aliphatic carbocycles. The number of hydrogen-bond donors (Lipinski definition) is 1. The van der Waals surface area contributed by atoms with Crippen LogP contribution in [0.15, 0.2) is 47.1 Å². The lowest BCUT2D eigenvalue weighted by Crippen LogP contribution is -2.21. The molecule has 1 amide bonds. The van der Waals surface area contributed by atoms with Gasteiger partial charge in [0.1, 0.15) is 6.61 Å². The Labute approximate surface area is 178 Å². The number of anilines is 1. The van der Waals surface area contributed by atoms with E-state index >= 15 is 0 Å². The summed E-state index contributed by atoms with van der Waals surface area (Å²) in [5, 5.41) is 14.7. The molecule has 8 heteroatoms. The molecule has 1 N–H and O–H groups in total. The number of benzene rings is 2. The fourth-order valence-electron chi connectivity index (χ4n) is 2.85. The lowest BCUT2D eigenvalue weighted by molar-refractivity contribution is -0.114. The van der Waals surface area contributed by atoms with Crippen LogP contribution in [0.4, 0.5) is 5.69 Å². The van der Waals surface area contributed by atoms with Gasteiger partial charge >= 0.3 is 5.97 Å². The van der Waals surface area contributed by atoms with E-state index in [9.17, 15) is 14.7 Å². The number of methoxy groups -OCH3 is 1. The summed E-state index contributed by atoms with van der Waals surface area (Å²) in [6, 6.07) is 9.43. The van der Waals surface area contributed by atoms with Crippen LogP contribution in [0.25, 0.3) is 6.08 Å². The van der Waals surface area contributed by atoms with Crippen molar-refractivity contribution in [3.8, 4) is 23.8 Å². The Bertz CT molecular complexity index is 1130. The van der Waals surface area contributed by atoms with Gasteiger partial charge in [-0.15, -0.1) is 6.42 Å². The first-order valence-corrected chi connectivity index (χ1v) is 9.12. The van der Waals surface area contributed by atoms with Crippen molar-refractivity contribution in [2.45, 2.75) is 6.92 Å². The molecule has 0 fully saturated rings. The molecule has 0 saturated heterocycles. The van der Waals surface area contributed by atoms with E-state index in [1.807, 2.05) is 0 Å². The van der Waals surface area contributed by atoms with Gasteiger partial charge in [0.15, 0.2) is 11.5 Å². The number of carbonyl (C=O) groups excluding carboxylic acids is 1. The fraction of sp³-hybridized carbons (Fsp3) is 0.136. The van der Waals surface area contributed by atoms with Crippen LogP contribution >= 0.6 is 11.6 Å². The first-order chi connectivity index (χ1) is 14.3. The molecule has 0 bridgehead atoms. The molecule has 0 aromatic heterocycles. The minimum Gasteiger partial charge on any atom is -0.493 e. The van der Waals surface area contributed by atoms with Crippen molar-refractivity contribution in [3.05, 3.63) is 58.1 Å². The highest BCUT2D eigenvalue weighted by Gasteiger charge is 2.29. The smallest absolute Gasteiger partial charge is 0.337 e. The molecule has 7 nitrogen and oxygen atoms in total. The highest BCUT2D eigenvalue weighted by molar-refractivity contribution is 6.34. The Hall–Kier alpha value is -3.76. The first-order valence-electron chi connectivity index (χ1n) is 8.74. The van der Waals surface area contributed by atoms with Gasteiger partial charge < -0.3 is 14.6 Å². The van der Waals surface area contributed by atoms with Gasteiger partial charge in [0, 0.05) is 0 Å². The summed E-state index contributed by atoms with van der Waals surface area (Å²) in [6.45, 7) is 1.80. The monoisotopic (exact) mass is 424 g/mol. The number of amides is 1. The zero-order valence-electron chi connectivity index (χ0n) is 16.2. The molecule has 2 aromatic rings. The molecule has 1 aliphatic rings. The molecule has 152 valence electrons. The number of carboxylic acids is 1. The molecule has 0 radical (unpaired) electrons. The lowest BCUT2D eigenvalue weighted by Gasteiger charge is -2.13. The van der Waals surface area contributed by atoms with E-state index in [1.54, 1.807) is 31.2 Å². The van der Waals surface area contributed by atoms with E-state index < -0.39 is 11.9 Å². The molecule has 30 heavy (non-hydrogen) atoms. The number of hydrogen-bond acceptors (Lipinski definition) is 5. The van der Waals surface area contributed by atoms with E-state index in [1.165, 1.54) is 25.3 Å². The predicted octanol–water partition coefficient (Wildman–Crippen LogP) is 3.86. The number of nitrogens with zero attached hydrogens (tertiary/aromatic N) is 2. The van der Waals surface area contributed by atoms with Gasteiger partial charge in [-0.3, -0.25) is 4.79 Å². The van der Waals surface area contributed by atoms with Gasteiger partial charge in [-0.25, -0.2) is 4.79 Å². The Morgan fingerprint density at radius 2 is 2.07 bits per heavy atom. The van der Waals surface area contributed by atoms with E-state index in [-0.39, 0.29) is 17.2 Å². The maximum absolute atomic E-state index is 12.9. The summed E-state index contributed by atoms with van der Waals surface area (Å²) in [6.07, 6.45) is 6.88. The maximum Gasteiger partial charge on any atom is 0.337 e. The molecular formula is C22H17ClN2O5. The second-order valence-corrected chi connectivity index (χ2v) is 6.64. The van der Waals surface area contributed by atoms with Crippen LogP contribution in [0, 0.1) is 12.3 Å². The number of halogens is 1. The van der Waals surface area contributed by atoms with Crippen LogP contribution in [-0.2, 0) is 4.79 Å². The van der Waals surface area contributed by atoms with Crippen molar-refractivity contribution in [2.24, 2.45) is 5.10 Å². The zero-order valence-corrected chi connectivity index (χ0v) is 16.9. The van der Waals surface area contributed by atoms with Crippen LogP contribution in [0.3, 0.4) is 0 Å². The molecule has 1 aliphatic heterocycles. The van der Waals surface area contributed by atoms with Gasteiger partial charge in [-0.05, 0) is 48.9 Å². The van der Waals surface area contributed by atoms with Gasteiger partial charge in [0.25, 0.3) is 5.91 Å². The number of aromatic carboxylic acids is 1. The standard InChI is InChI=1S/C22H17ClN2O5/c1-4-9-30-19-8-5-14(11-20(19)29-3)10-16-13(2)24-25(21(16)26)15-6-7-18(23)17(12-15)22(27)28/h1,5-8,10-12H,9H2,2-3H3,(H,27,28)/b16-10+. The first kappa shape index (κ1) is 21.0. The highest BCUT2D eigenvalue weighted by atomic mass is 35.5. The minimum absolute atomic E-state index is 0.0774. The predicted molar refractivity (Wildman–Crippen MR) is 114 cm³/mol. The second kappa shape index (κ2) is 8.72. The molecule has 3 rings (SSSR count).